The molecule has 0 atom stereocenters. The first-order valence-corrected chi connectivity index (χ1v) is 8.73. The van der Waals surface area contributed by atoms with Gasteiger partial charge in [0.1, 0.15) is 29.0 Å². The van der Waals surface area contributed by atoms with Gasteiger partial charge in [-0.05, 0) is 44.7 Å². The Kier molecular flexibility index (Phi) is 4.01. The average molecular weight is 355 g/mol. The third-order valence-electron chi connectivity index (χ3n) is 4.93. The minimum absolute atomic E-state index is 0.0422. The van der Waals surface area contributed by atoms with E-state index in [9.17, 15) is 4.39 Å². The summed E-state index contributed by atoms with van der Waals surface area (Å²) in [4.78, 5) is 10.2. The molecule has 2 fully saturated rings. The summed E-state index contributed by atoms with van der Waals surface area (Å²) in [5.74, 6) is 1.43. The van der Waals surface area contributed by atoms with Crippen LogP contribution in [0.3, 0.4) is 0 Å². The van der Waals surface area contributed by atoms with Crippen LogP contribution in [0.2, 0.25) is 0 Å². The normalized spacial score (nSPS) is 20.2. The molecule has 0 spiro atoms. The zero-order valence-electron chi connectivity index (χ0n) is 15.0. The highest BCUT2D eigenvalue weighted by Gasteiger charge is 2.40. The predicted molar refractivity (Wildman–Crippen MR) is 101 cm³/mol. The van der Waals surface area contributed by atoms with Crippen molar-refractivity contribution in [1.82, 2.24) is 15.1 Å². The number of alkyl halides is 1. The van der Waals surface area contributed by atoms with E-state index in [1.54, 1.807) is 13.1 Å². The summed E-state index contributed by atoms with van der Waals surface area (Å²) in [5, 5.41) is 8.37. The topological polar surface area (TPSA) is 65.9 Å². The highest BCUT2D eigenvalue weighted by Crippen LogP contribution is 2.40. The van der Waals surface area contributed by atoms with Crippen LogP contribution >= 0.6 is 0 Å². The molecule has 136 valence electrons. The van der Waals surface area contributed by atoms with Crippen molar-refractivity contribution in [2.24, 2.45) is 9.98 Å². The Morgan fingerprint density at radius 3 is 2.85 bits per heavy atom. The van der Waals surface area contributed by atoms with Crippen LogP contribution in [0, 0.1) is 0 Å². The largest absolute Gasteiger partial charge is 0.488 e. The lowest BCUT2D eigenvalue weighted by Crippen LogP contribution is -2.47. The van der Waals surface area contributed by atoms with Crippen LogP contribution in [0.5, 0.6) is 5.75 Å². The van der Waals surface area contributed by atoms with Gasteiger partial charge in [-0.1, -0.05) is 0 Å². The Balaban J connectivity index is 1.67. The molecule has 4 rings (SSSR count). The third kappa shape index (κ3) is 3.09. The summed E-state index contributed by atoms with van der Waals surface area (Å²) in [5.41, 5.74) is 2.24. The number of nitrogens with zero attached hydrogens (tertiary/aromatic N) is 4. The van der Waals surface area contributed by atoms with Gasteiger partial charge in [-0.2, -0.15) is 5.10 Å². The molecule has 0 bridgehead atoms. The van der Waals surface area contributed by atoms with Crippen molar-refractivity contribution in [1.29, 1.82) is 0 Å². The molecule has 2 aromatic rings. The fourth-order valence-corrected chi connectivity index (χ4v) is 3.02. The predicted octanol–water partition coefficient (Wildman–Crippen LogP) is 3.11. The molecule has 1 aromatic heterocycles. The number of aromatic nitrogens is 2. The van der Waals surface area contributed by atoms with Crippen molar-refractivity contribution in [3.05, 3.63) is 35.8 Å². The summed E-state index contributed by atoms with van der Waals surface area (Å²) < 4.78 is 19.2. The molecule has 26 heavy (non-hydrogen) atoms. The number of benzene rings is 1. The Hall–Kier alpha value is -2.70. The van der Waals surface area contributed by atoms with Crippen LogP contribution in [-0.4, -0.2) is 59.4 Å². The summed E-state index contributed by atoms with van der Waals surface area (Å²) in [6.07, 6.45) is 3.14. The number of fused-ring (bicyclic) bond motifs is 1. The second-order valence-electron chi connectivity index (χ2n) is 7.10. The maximum Gasteiger partial charge on any atom is 0.135 e. The molecule has 1 aliphatic carbocycles. The molecular formula is C19H22FN5O. The standard InChI is InChI=1S/C19H22FN5O/c1-19(6-7-19)26-13-4-5-15-14(8-13)18(24-23-15)16(21-2)9-17(22-3)25-10-12(20)11-25/h4-5,8-9,12H,3,6-7,10-11H2,1-2H3,(H,23,24)/b17-9+,21-16?. The summed E-state index contributed by atoms with van der Waals surface area (Å²) >= 11 is 0. The van der Waals surface area contributed by atoms with Gasteiger partial charge in [0.2, 0.25) is 0 Å². The van der Waals surface area contributed by atoms with Gasteiger partial charge in [0, 0.05) is 18.5 Å². The van der Waals surface area contributed by atoms with Crippen molar-refractivity contribution < 1.29 is 9.13 Å². The van der Waals surface area contributed by atoms with Gasteiger partial charge in [0.05, 0.1) is 24.3 Å². The van der Waals surface area contributed by atoms with E-state index in [1.807, 2.05) is 23.1 Å². The monoisotopic (exact) mass is 355 g/mol. The smallest absolute Gasteiger partial charge is 0.135 e. The maximum atomic E-state index is 13.2. The average Bonchev–Trinajstić information content (AvgIpc) is 3.18. The molecule has 2 heterocycles. The molecule has 7 heteroatoms. The SMILES string of the molecule is C=N/C(=C\C(=NC)c1n[nH]c2ccc(OC3(C)CC3)cc12)N1CC(F)C1. The van der Waals surface area contributed by atoms with E-state index in [2.05, 4.69) is 33.8 Å². The van der Waals surface area contributed by atoms with Crippen LogP contribution in [0.1, 0.15) is 25.5 Å². The Morgan fingerprint density at radius 2 is 2.23 bits per heavy atom. The second kappa shape index (κ2) is 6.23. The first-order chi connectivity index (χ1) is 12.5. The molecule has 0 amide bonds. The van der Waals surface area contributed by atoms with Crippen molar-refractivity contribution in [3.63, 3.8) is 0 Å². The molecule has 1 aromatic carbocycles. The number of H-pyrrole nitrogens is 1. The van der Waals surface area contributed by atoms with Crippen molar-refractivity contribution in [2.75, 3.05) is 20.1 Å². The summed E-state index contributed by atoms with van der Waals surface area (Å²) in [6, 6.07) is 5.89. The van der Waals surface area contributed by atoms with Crippen LogP contribution in [0.25, 0.3) is 10.9 Å². The molecule has 1 N–H and O–H groups in total. The molecule has 0 radical (unpaired) electrons. The van der Waals surface area contributed by atoms with E-state index in [4.69, 9.17) is 4.74 Å². The molecule has 6 nitrogen and oxygen atoms in total. The maximum absolute atomic E-state index is 13.2. The Labute approximate surface area is 151 Å². The molecule has 1 saturated heterocycles. The quantitative estimate of drug-likeness (QED) is 0.810. The number of allylic oxidation sites excluding steroid dienone is 1. The number of aromatic amines is 1. The number of likely N-dealkylation sites (tertiary alicyclic amines) is 1. The van der Waals surface area contributed by atoms with E-state index in [-0.39, 0.29) is 5.60 Å². The minimum Gasteiger partial charge on any atom is -0.488 e. The van der Waals surface area contributed by atoms with Gasteiger partial charge < -0.3 is 9.64 Å². The van der Waals surface area contributed by atoms with Gasteiger partial charge in [0.15, 0.2) is 0 Å². The van der Waals surface area contributed by atoms with Gasteiger partial charge in [0.25, 0.3) is 0 Å². The van der Waals surface area contributed by atoms with Crippen LogP contribution < -0.4 is 4.74 Å². The zero-order chi connectivity index (χ0) is 18.3. The fourth-order valence-electron chi connectivity index (χ4n) is 3.02. The molecule has 0 unspecified atom stereocenters. The van der Waals surface area contributed by atoms with E-state index in [0.29, 0.717) is 30.3 Å². The van der Waals surface area contributed by atoms with E-state index in [0.717, 1.165) is 29.5 Å². The Bertz CT molecular complexity index is 906. The van der Waals surface area contributed by atoms with E-state index >= 15 is 0 Å². The summed E-state index contributed by atoms with van der Waals surface area (Å²) in [7, 11) is 1.70. The molecular weight excluding hydrogens is 333 g/mol. The van der Waals surface area contributed by atoms with Crippen molar-refractivity contribution in [3.8, 4) is 5.75 Å². The first kappa shape index (κ1) is 16.8. The second-order valence-corrected chi connectivity index (χ2v) is 7.10. The molecule has 1 aliphatic heterocycles. The highest BCUT2D eigenvalue weighted by molar-refractivity contribution is 6.15. The lowest BCUT2D eigenvalue weighted by molar-refractivity contribution is 0.0974. The lowest BCUT2D eigenvalue weighted by atomic mass is 10.1. The summed E-state index contributed by atoms with van der Waals surface area (Å²) in [6.45, 7) is 6.38. The number of aliphatic imine (C=N–C) groups is 2. The number of nitrogens with one attached hydrogen (secondary N) is 1. The Morgan fingerprint density at radius 1 is 1.46 bits per heavy atom. The van der Waals surface area contributed by atoms with Gasteiger partial charge in [-0.15, -0.1) is 0 Å². The minimum atomic E-state index is -0.808. The van der Waals surface area contributed by atoms with Crippen molar-refractivity contribution >= 4 is 23.3 Å². The third-order valence-corrected chi connectivity index (χ3v) is 4.93. The van der Waals surface area contributed by atoms with Gasteiger partial charge >= 0.3 is 0 Å². The van der Waals surface area contributed by atoms with Crippen LogP contribution in [0.4, 0.5) is 4.39 Å². The van der Waals surface area contributed by atoms with Crippen LogP contribution in [0.15, 0.2) is 40.1 Å². The van der Waals surface area contributed by atoms with Crippen molar-refractivity contribution in [2.45, 2.75) is 31.5 Å². The lowest BCUT2D eigenvalue weighted by Gasteiger charge is -2.36. The van der Waals surface area contributed by atoms with Gasteiger partial charge in [-0.3, -0.25) is 10.1 Å². The number of halogens is 1. The van der Waals surface area contributed by atoms with E-state index < -0.39 is 6.17 Å². The van der Waals surface area contributed by atoms with Crippen LogP contribution in [-0.2, 0) is 0 Å². The number of hydrogen-bond acceptors (Lipinski definition) is 5. The van der Waals surface area contributed by atoms with E-state index in [1.165, 1.54) is 0 Å². The number of hydrogen-bond donors (Lipinski definition) is 1. The fraction of sp³-hybridized carbons (Fsp3) is 0.421. The highest BCUT2D eigenvalue weighted by atomic mass is 19.1. The first-order valence-electron chi connectivity index (χ1n) is 8.73. The van der Waals surface area contributed by atoms with Gasteiger partial charge in [-0.25, -0.2) is 9.38 Å². The number of rotatable bonds is 6. The molecule has 1 saturated carbocycles. The number of ether oxygens (including phenoxy) is 1. The molecule has 2 aliphatic rings. The zero-order valence-corrected chi connectivity index (χ0v) is 15.0.